The van der Waals surface area contributed by atoms with Crippen LogP contribution in [0.15, 0.2) is 54.6 Å². The van der Waals surface area contributed by atoms with Crippen molar-refractivity contribution in [2.24, 2.45) is 0 Å². The van der Waals surface area contributed by atoms with E-state index >= 15 is 0 Å². The Bertz CT molecular complexity index is 1060. The number of para-hydroxylation sites is 1. The summed E-state index contributed by atoms with van der Waals surface area (Å²) in [6.07, 6.45) is 0. The van der Waals surface area contributed by atoms with E-state index in [0.717, 1.165) is 11.5 Å². The van der Waals surface area contributed by atoms with Crippen molar-refractivity contribution in [1.82, 2.24) is 4.98 Å². The molecule has 5 nitrogen and oxygen atoms in total. The number of fused-ring (bicyclic) bond motifs is 1. The number of nitrogens with zero attached hydrogens (tertiary/aromatic N) is 2. The summed E-state index contributed by atoms with van der Waals surface area (Å²) in [6.45, 7) is 1.31. The fourth-order valence-electron chi connectivity index (χ4n) is 2.65. The molecule has 0 aliphatic rings. The maximum Gasteiger partial charge on any atom is 0.221 e. The molecule has 2 aromatic carbocycles. The van der Waals surface area contributed by atoms with Gasteiger partial charge in [0.25, 0.3) is 0 Å². The largest absolute Gasteiger partial charge is 0.326 e. The van der Waals surface area contributed by atoms with E-state index < -0.39 is 17.5 Å². The highest BCUT2D eigenvalue weighted by atomic mass is 19.1. The number of halogens is 1. The van der Waals surface area contributed by atoms with Crippen LogP contribution in [0.4, 0.5) is 10.1 Å². The van der Waals surface area contributed by atoms with Gasteiger partial charge in [0.15, 0.2) is 11.7 Å². The molecule has 0 saturated carbocycles. The molecule has 3 rings (SSSR count). The number of carbonyl (C=O) groups is 2. The van der Waals surface area contributed by atoms with Gasteiger partial charge in [-0.3, -0.25) is 14.6 Å². The van der Waals surface area contributed by atoms with Gasteiger partial charge in [-0.2, -0.15) is 5.26 Å². The van der Waals surface area contributed by atoms with Crippen molar-refractivity contribution in [3.8, 4) is 6.07 Å². The van der Waals surface area contributed by atoms with E-state index in [9.17, 15) is 19.2 Å². The predicted octanol–water partition coefficient (Wildman–Crippen LogP) is 3.82. The van der Waals surface area contributed by atoms with Crippen molar-refractivity contribution >= 4 is 28.3 Å². The number of carbonyl (C=O) groups excluding carboxylic acids is 2. The van der Waals surface area contributed by atoms with Crippen LogP contribution in [0.5, 0.6) is 0 Å². The van der Waals surface area contributed by atoms with Crippen molar-refractivity contribution in [3.05, 3.63) is 71.7 Å². The number of nitriles is 1. The third-order valence-electron chi connectivity index (χ3n) is 3.86. The first-order chi connectivity index (χ1) is 12.5. The van der Waals surface area contributed by atoms with Gasteiger partial charge in [0, 0.05) is 18.0 Å². The Morgan fingerprint density at radius 2 is 1.92 bits per heavy atom. The number of ketones is 1. The van der Waals surface area contributed by atoms with Crippen molar-refractivity contribution in [1.29, 1.82) is 5.26 Å². The number of pyridine rings is 1. The molecular formula is C20H14FN3O2. The van der Waals surface area contributed by atoms with Crippen molar-refractivity contribution in [2.45, 2.75) is 12.8 Å². The topological polar surface area (TPSA) is 82.9 Å². The minimum absolute atomic E-state index is 0.250. The number of hydrogen-bond acceptors (Lipinski definition) is 4. The summed E-state index contributed by atoms with van der Waals surface area (Å²) in [5.74, 6) is -3.06. The lowest BCUT2D eigenvalue weighted by atomic mass is 9.94. The van der Waals surface area contributed by atoms with Crippen molar-refractivity contribution in [2.75, 3.05) is 5.32 Å². The molecule has 1 N–H and O–H groups in total. The van der Waals surface area contributed by atoms with E-state index in [1.807, 2.05) is 18.2 Å². The van der Waals surface area contributed by atoms with Gasteiger partial charge in [-0.05, 0) is 30.3 Å². The first-order valence-electron chi connectivity index (χ1n) is 7.86. The molecule has 1 aromatic heterocycles. The smallest absolute Gasteiger partial charge is 0.221 e. The Kier molecular flexibility index (Phi) is 4.72. The molecule has 1 atom stereocenters. The summed E-state index contributed by atoms with van der Waals surface area (Å²) in [5.41, 5.74) is 0.911. The molecule has 128 valence electrons. The fraction of sp³-hybridized carbons (Fsp3) is 0.100. The summed E-state index contributed by atoms with van der Waals surface area (Å²) >= 11 is 0. The van der Waals surface area contributed by atoms with Gasteiger partial charge in [0.2, 0.25) is 5.91 Å². The summed E-state index contributed by atoms with van der Waals surface area (Å²) < 4.78 is 14.2. The first-order valence-corrected chi connectivity index (χ1v) is 7.86. The van der Waals surface area contributed by atoms with Crippen LogP contribution in [-0.4, -0.2) is 16.7 Å². The standard InChI is InChI=1S/C20H14FN3O2/c1-12(25)23-14-7-8-17(21)15(10-14)20(26)16(11-22)19-9-6-13-4-2-3-5-18(13)24-19/h2-10,16H,1H3,(H,23,25)/t16-/m0/s1. The Balaban J connectivity index is 2.01. The second kappa shape index (κ2) is 7.11. The van der Waals surface area contributed by atoms with Gasteiger partial charge in [-0.15, -0.1) is 0 Å². The van der Waals surface area contributed by atoms with Crippen LogP contribution in [0.1, 0.15) is 28.9 Å². The van der Waals surface area contributed by atoms with E-state index in [2.05, 4.69) is 10.3 Å². The highest BCUT2D eigenvalue weighted by molar-refractivity contribution is 6.04. The number of nitrogens with one attached hydrogen (secondary N) is 1. The van der Waals surface area contributed by atoms with Gasteiger partial charge >= 0.3 is 0 Å². The van der Waals surface area contributed by atoms with Crippen LogP contribution >= 0.6 is 0 Å². The van der Waals surface area contributed by atoms with Crippen LogP contribution in [-0.2, 0) is 4.79 Å². The normalized spacial score (nSPS) is 11.6. The quantitative estimate of drug-likeness (QED) is 0.727. The highest BCUT2D eigenvalue weighted by Gasteiger charge is 2.26. The molecule has 6 heteroatoms. The molecule has 0 aliphatic carbocycles. The van der Waals surface area contributed by atoms with Crippen LogP contribution < -0.4 is 5.32 Å². The number of hydrogen-bond donors (Lipinski definition) is 1. The SMILES string of the molecule is CC(=O)Nc1ccc(F)c(C(=O)[C@@H](C#N)c2ccc3ccccc3n2)c1. The number of benzene rings is 2. The second-order valence-electron chi connectivity index (χ2n) is 5.73. The Morgan fingerprint density at radius 3 is 2.65 bits per heavy atom. The summed E-state index contributed by atoms with van der Waals surface area (Å²) in [4.78, 5) is 28.3. The highest BCUT2D eigenvalue weighted by Crippen LogP contribution is 2.25. The molecule has 0 bridgehead atoms. The monoisotopic (exact) mass is 347 g/mol. The van der Waals surface area contributed by atoms with Gasteiger partial charge < -0.3 is 5.32 Å². The molecule has 0 aliphatic heterocycles. The van der Waals surface area contributed by atoms with E-state index in [0.29, 0.717) is 5.52 Å². The molecule has 0 spiro atoms. The number of aromatic nitrogens is 1. The summed E-state index contributed by atoms with van der Waals surface area (Å²) in [7, 11) is 0. The van der Waals surface area contributed by atoms with Crippen molar-refractivity contribution < 1.29 is 14.0 Å². The van der Waals surface area contributed by atoms with Crippen LogP contribution in [0, 0.1) is 17.1 Å². The fourth-order valence-corrected chi connectivity index (χ4v) is 2.65. The number of Topliss-reactive ketones (excluding diaryl/α,β-unsaturated/α-hetero) is 1. The van der Waals surface area contributed by atoms with E-state index in [-0.39, 0.29) is 22.9 Å². The number of rotatable bonds is 4. The molecule has 1 amide bonds. The second-order valence-corrected chi connectivity index (χ2v) is 5.73. The van der Waals surface area contributed by atoms with Gasteiger partial charge in [-0.1, -0.05) is 24.3 Å². The zero-order valence-corrected chi connectivity index (χ0v) is 13.9. The lowest BCUT2D eigenvalue weighted by molar-refractivity contribution is -0.114. The van der Waals surface area contributed by atoms with Crippen LogP contribution in [0.2, 0.25) is 0 Å². The molecular weight excluding hydrogens is 333 g/mol. The Hall–Kier alpha value is -3.59. The molecule has 0 saturated heterocycles. The van der Waals surface area contributed by atoms with Gasteiger partial charge in [-0.25, -0.2) is 4.39 Å². The van der Waals surface area contributed by atoms with Crippen molar-refractivity contribution in [3.63, 3.8) is 0 Å². The van der Waals surface area contributed by atoms with Crippen LogP contribution in [0.3, 0.4) is 0 Å². The van der Waals surface area contributed by atoms with E-state index in [4.69, 9.17) is 0 Å². The van der Waals surface area contributed by atoms with E-state index in [1.165, 1.54) is 19.1 Å². The zero-order chi connectivity index (χ0) is 18.7. The number of amides is 1. The third-order valence-corrected chi connectivity index (χ3v) is 3.86. The average molecular weight is 347 g/mol. The molecule has 0 unspecified atom stereocenters. The van der Waals surface area contributed by atoms with Gasteiger partial charge in [0.05, 0.1) is 22.8 Å². The maximum atomic E-state index is 14.2. The summed E-state index contributed by atoms with van der Waals surface area (Å²) in [6, 6.07) is 16.2. The minimum atomic E-state index is -1.25. The predicted molar refractivity (Wildman–Crippen MR) is 95.1 cm³/mol. The minimum Gasteiger partial charge on any atom is -0.326 e. The molecule has 0 fully saturated rings. The Morgan fingerprint density at radius 1 is 1.15 bits per heavy atom. The molecule has 3 aromatic rings. The molecule has 0 radical (unpaired) electrons. The van der Waals surface area contributed by atoms with Crippen LogP contribution in [0.25, 0.3) is 10.9 Å². The molecule has 26 heavy (non-hydrogen) atoms. The summed E-state index contributed by atoms with van der Waals surface area (Å²) in [5, 5.41) is 12.9. The average Bonchev–Trinajstić information content (AvgIpc) is 2.63. The van der Waals surface area contributed by atoms with Gasteiger partial charge in [0.1, 0.15) is 5.82 Å². The number of anilines is 1. The molecule has 1 heterocycles. The Labute approximate surface area is 149 Å². The maximum absolute atomic E-state index is 14.2. The zero-order valence-electron chi connectivity index (χ0n) is 13.9. The lowest BCUT2D eigenvalue weighted by Gasteiger charge is -2.11. The third kappa shape index (κ3) is 3.42. The van der Waals surface area contributed by atoms with E-state index in [1.54, 1.807) is 24.3 Å². The first kappa shape index (κ1) is 17.2. The lowest BCUT2D eigenvalue weighted by Crippen LogP contribution is -2.15.